The van der Waals surface area contributed by atoms with Gasteiger partial charge in [-0.2, -0.15) is 0 Å². The fourth-order valence-corrected chi connectivity index (χ4v) is 5.23. The molecule has 0 aliphatic carbocycles. The number of hydrogen-bond acceptors (Lipinski definition) is 7. The first kappa shape index (κ1) is 21.9. The quantitative estimate of drug-likeness (QED) is 0.212. The summed E-state index contributed by atoms with van der Waals surface area (Å²) >= 11 is 6.69. The van der Waals surface area contributed by atoms with Crippen LogP contribution < -0.4 is 4.74 Å². The predicted molar refractivity (Wildman–Crippen MR) is 131 cm³/mol. The molecule has 168 valence electrons. The lowest BCUT2D eigenvalue weighted by atomic mass is 10.1. The standard InChI is InChI=1S/C25H21NO5S2/c1-15-19-6-2-3-7-20(19)31-22(15)24(28)30-17-10-8-16(9-11-17)13-21-23(27)26(25(32)33-21)14-18-5-4-12-29-18/h2-3,6-11,13,18H,4-5,12,14H2,1H3/b21-13+. The van der Waals surface area contributed by atoms with Crippen molar-refractivity contribution in [1.82, 2.24) is 4.90 Å². The molecule has 5 rings (SSSR count). The number of carbonyl (C=O) groups excluding carboxylic acids is 2. The fourth-order valence-electron chi connectivity index (χ4n) is 3.96. The van der Waals surface area contributed by atoms with E-state index >= 15 is 0 Å². The summed E-state index contributed by atoms with van der Waals surface area (Å²) in [5.41, 5.74) is 2.21. The van der Waals surface area contributed by atoms with E-state index in [9.17, 15) is 9.59 Å². The first-order valence-electron chi connectivity index (χ1n) is 10.7. The van der Waals surface area contributed by atoms with Crippen LogP contribution in [0.25, 0.3) is 17.0 Å². The minimum absolute atomic E-state index is 0.0520. The second kappa shape index (κ2) is 9.13. The van der Waals surface area contributed by atoms with E-state index in [1.165, 1.54) is 11.8 Å². The predicted octanol–water partition coefficient (Wildman–Crippen LogP) is 5.34. The van der Waals surface area contributed by atoms with Crippen molar-refractivity contribution in [3.8, 4) is 5.75 Å². The van der Waals surface area contributed by atoms with Gasteiger partial charge in [-0.05, 0) is 49.6 Å². The van der Waals surface area contributed by atoms with Gasteiger partial charge in [-0.1, -0.05) is 54.3 Å². The lowest BCUT2D eigenvalue weighted by Crippen LogP contribution is -2.35. The third kappa shape index (κ3) is 4.46. The van der Waals surface area contributed by atoms with E-state index in [4.69, 9.17) is 26.1 Å². The number of carbonyl (C=O) groups is 2. The topological polar surface area (TPSA) is 69.0 Å². The number of thioether (sulfide) groups is 1. The van der Waals surface area contributed by atoms with Crippen LogP contribution in [0.15, 0.2) is 57.9 Å². The maximum atomic E-state index is 12.8. The minimum Gasteiger partial charge on any atom is -0.449 e. The molecule has 3 heterocycles. The van der Waals surface area contributed by atoms with Crippen LogP contribution in [-0.4, -0.2) is 40.4 Å². The molecule has 2 aliphatic rings. The summed E-state index contributed by atoms with van der Waals surface area (Å²) in [6.45, 7) is 3.07. The van der Waals surface area contributed by atoms with E-state index in [1.54, 1.807) is 35.2 Å². The van der Waals surface area contributed by atoms with Gasteiger partial charge < -0.3 is 13.9 Å². The van der Waals surface area contributed by atoms with Gasteiger partial charge in [-0.3, -0.25) is 9.69 Å². The summed E-state index contributed by atoms with van der Waals surface area (Å²) in [7, 11) is 0. The highest BCUT2D eigenvalue weighted by atomic mass is 32.2. The average Bonchev–Trinajstić information content (AvgIpc) is 3.51. The lowest BCUT2D eigenvalue weighted by molar-refractivity contribution is -0.123. The zero-order valence-electron chi connectivity index (χ0n) is 17.9. The summed E-state index contributed by atoms with van der Waals surface area (Å²) < 4.78 is 17.4. The first-order chi connectivity index (χ1) is 16.0. The first-order valence-corrected chi connectivity index (χ1v) is 11.9. The molecule has 2 aromatic carbocycles. The van der Waals surface area contributed by atoms with Crippen molar-refractivity contribution in [1.29, 1.82) is 0 Å². The van der Waals surface area contributed by atoms with Crippen molar-refractivity contribution in [2.24, 2.45) is 0 Å². The molecule has 8 heteroatoms. The monoisotopic (exact) mass is 479 g/mol. The smallest absolute Gasteiger partial charge is 0.379 e. The van der Waals surface area contributed by atoms with Gasteiger partial charge in [-0.15, -0.1) is 0 Å². The van der Waals surface area contributed by atoms with Gasteiger partial charge in [0.1, 0.15) is 15.7 Å². The van der Waals surface area contributed by atoms with Crippen molar-refractivity contribution in [2.45, 2.75) is 25.9 Å². The van der Waals surface area contributed by atoms with Crippen LogP contribution in [0.1, 0.15) is 34.5 Å². The molecule has 1 aromatic heterocycles. The van der Waals surface area contributed by atoms with Gasteiger partial charge in [-0.25, -0.2) is 4.79 Å². The summed E-state index contributed by atoms with van der Waals surface area (Å²) in [5, 5.41) is 0.886. The van der Waals surface area contributed by atoms with Crippen LogP contribution >= 0.6 is 24.0 Å². The van der Waals surface area contributed by atoms with Gasteiger partial charge in [0, 0.05) is 17.6 Å². The molecule has 1 amide bonds. The molecule has 0 saturated carbocycles. The van der Waals surface area contributed by atoms with Gasteiger partial charge in [0.05, 0.1) is 17.6 Å². The van der Waals surface area contributed by atoms with E-state index in [-0.39, 0.29) is 17.8 Å². The molecule has 3 aromatic rings. The highest BCUT2D eigenvalue weighted by Crippen LogP contribution is 2.34. The molecule has 0 radical (unpaired) electrons. The molecule has 33 heavy (non-hydrogen) atoms. The van der Waals surface area contributed by atoms with Crippen molar-refractivity contribution in [3.05, 3.63) is 70.3 Å². The molecule has 0 bridgehead atoms. The van der Waals surface area contributed by atoms with Crippen molar-refractivity contribution < 1.29 is 23.5 Å². The zero-order valence-corrected chi connectivity index (χ0v) is 19.5. The minimum atomic E-state index is -0.550. The summed E-state index contributed by atoms with van der Waals surface area (Å²) in [6, 6.07) is 14.4. The highest BCUT2D eigenvalue weighted by molar-refractivity contribution is 8.26. The Kier molecular flexibility index (Phi) is 6.05. The number of amides is 1. The van der Waals surface area contributed by atoms with Crippen LogP contribution in [0.5, 0.6) is 5.75 Å². The number of hydrogen-bond donors (Lipinski definition) is 0. The SMILES string of the molecule is Cc1c(C(=O)Oc2ccc(/C=C3/SC(=S)N(CC4CCCO4)C3=O)cc2)oc2ccccc12. The third-order valence-electron chi connectivity index (χ3n) is 5.70. The number of furan rings is 1. The Bertz CT molecular complexity index is 1270. The van der Waals surface area contributed by atoms with Crippen molar-refractivity contribution in [2.75, 3.05) is 13.2 Å². The van der Waals surface area contributed by atoms with Crippen LogP contribution in [0.2, 0.25) is 0 Å². The normalized spacial score (nSPS) is 19.7. The van der Waals surface area contributed by atoms with E-state index in [0.29, 0.717) is 27.1 Å². The second-order valence-corrected chi connectivity index (χ2v) is 9.61. The molecule has 0 spiro atoms. The number of esters is 1. The van der Waals surface area contributed by atoms with E-state index in [1.807, 2.05) is 31.2 Å². The van der Waals surface area contributed by atoms with E-state index < -0.39 is 5.97 Å². The van der Waals surface area contributed by atoms with Crippen LogP contribution in [-0.2, 0) is 9.53 Å². The Morgan fingerprint density at radius 2 is 2.03 bits per heavy atom. The van der Waals surface area contributed by atoms with Crippen LogP contribution in [0, 0.1) is 6.92 Å². The maximum Gasteiger partial charge on any atom is 0.379 e. The molecule has 2 fully saturated rings. The van der Waals surface area contributed by atoms with Gasteiger partial charge in [0.25, 0.3) is 5.91 Å². The van der Waals surface area contributed by atoms with E-state index in [2.05, 4.69) is 0 Å². The second-order valence-electron chi connectivity index (χ2n) is 7.94. The summed E-state index contributed by atoms with van der Waals surface area (Å²) in [6.07, 6.45) is 3.81. The third-order valence-corrected chi connectivity index (χ3v) is 7.08. The Labute approximate surface area is 200 Å². The molecular formula is C25H21NO5S2. The van der Waals surface area contributed by atoms with Crippen molar-refractivity contribution >= 4 is 57.2 Å². The number of nitrogens with zero attached hydrogens (tertiary/aromatic N) is 1. The fraction of sp³-hybridized carbons (Fsp3) is 0.240. The number of ether oxygens (including phenoxy) is 2. The molecule has 0 N–H and O–H groups in total. The Morgan fingerprint density at radius 3 is 2.76 bits per heavy atom. The number of rotatable bonds is 5. The van der Waals surface area contributed by atoms with E-state index in [0.717, 1.165) is 36.0 Å². The number of benzene rings is 2. The molecular weight excluding hydrogens is 458 g/mol. The maximum absolute atomic E-state index is 12.8. The summed E-state index contributed by atoms with van der Waals surface area (Å²) in [5.74, 6) is -0.0686. The van der Waals surface area contributed by atoms with Crippen LogP contribution in [0.3, 0.4) is 0 Å². The Balaban J connectivity index is 1.27. The molecule has 1 atom stereocenters. The zero-order chi connectivity index (χ0) is 22.9. The molecule has 6 nitrogen and oxygen atoms in total. The molecule has 2 aliphatic heterocycles. The molecule has 1 unspecified atom stereocenters. The van der Waals surface area contributed by atoms with Gasteiger partial charge in [0.2, 0.25) is 5.76 Å². The van der Waals surface area contributed by atoms with Gasteiger partial charge >= 0.3 is 5.97 Å². The van der Waals surface area contributed by atoms with Gasteiger partial charge in [0.15, 0.2) is 0 Å². The number of para-hydroxylation sites is 1. The van der Waals surface area contributed by atoms with Crippen LogP contribution in [0.4, 0.5) is 0 Å². The Hall–Kier alpha value is -2.94. The molecule has 2 saturated heterocycles. The number of aryl methyl sites for hydroxylation is 1. The number of fused-ring (bicyclic) bond motifs is 1. The Morgan fingerprint density at radius 1 is 1.24 bits per heavy atom. The van der Waals surface area contributed by atoms with Crippen molar-refractivity contribution in [3.63, 3.8) is 0 Å². The highest BCUT2D eigenvalue weighted by Gasteiger charge is 2.34. The average molecular weight is 480 g/mol. The largest absolute Gasteiger partial charge is 0.449 e. The summed E-state index contributed by atoms with van der Waals surface area (Å²) in [4.78, 5) is 27.6. The number of thiocarbonyl (C=S) groups is 1. The lowest BCUT2D eigenvalue weighted by Gasteiger charge is -2.18.